The maximum Gasteiger partial charge on any atom is 0.322 e. The third-order valence-corrected chi connectivity index (χ3v) is 5.59. The molecule has 12 heteroatoms. The van der Waals surface area contributed by atoms with Crippen LogP contribution >= 0.6 is 0 Å². The van der Waals surface area contributed by atoms with E-state index in [2.05, 4.69) is 15.6 Å². The Morgan fingerprint density at radius 2 is 1.55 bits per heavy atom. The summed E-state index contributed by atoms with van der Waals surface area (Å²) in [5.74, 6) is -2.28. The van der Waals surface area contributed by atoms with Gasteiger partial charge in [-0.2, -0.15) is 0 Å². The fourth-order valence-corrected chi connectivity index (χ4v) is 3.94. The number of guanidine groups is 1. The zero-order chi connectivity index (χ0) is 28.2. The molecule has 0 radical (unpaired) electrons. The van der Waals surface area contributed by atoms with Gasteiger partial charge in [-0.15, -0.1) is 0 Å². The van der Waals surface area contributed by atoms with Crippen molar-refractivity contribution in [1.82, 2.24) is 15.5 Å². The normalized spacial score (nSPS) is 11.2. The van der Waals surface area contributed by atoms with Crippen LogP contribution < -0.4 is 27.8 Å². The number of aryl methyl sites for hydroxylation is 2. The molecule has 2 aromatic rings. The van der Waals surface area contributed by atoms with Gasteiger partial charge in [-0.1, -0.05) is 41.5 Å². The fraction of sp³-hybridized carbons (Fsp3) is 0.346. The van der Waals surface area contributed by atoms with Crippen molar-refractivity contribution in [1.29, 1.82) is 0 Å². The molecule has 204 valence electrons. The summed E-state index contributed by atoms with van der Waals surface area (Å²) in [5.41, 5.74) is 19.6. The van der Waals surface area contributed by atoms with E-state index >= 15 is 0 Å². The highest BCUT2D eigenvalue weighted by molar-refractivity contribution is 5.98. The first kappa shape index (κ1) is 29.6. The van der Waals surface area contributed by atoms with Gasteiger partial charge >= 0.3 is 12.0 Å². The third kappa shape index (κ3) is 9.80. The van der Waals surface area contributed by atoms with E-state index < -0.39 is 30.5 Å². The number of hydrogen-bond acceptors (Lipinski definition) is 5. The van der Waals surface area contributed by atoms with Gasteiger partial charge in [-0.05, 0) is 49.9 Å². The molecule has 0 aliphatic heterocycles. The predicted octanol–water partition coefficient (Wildman–Crippen LogP) is 0.737. The number of benzene rings is 2. The minimum atomic E-state index is -1.20. The molecule has 38 heavy (non-hydrogen) atoms. The number of carboxylic acid groups (broad SMARTS) is 1. The number of nitrogens with two attached hydrogens (primary N) is 3. The summed E-state index contributed by atoms with van der Waals surface area (Å²) in [6.07, 6.45) is 0.566. The van der Waals surface area contributed by atoms with E-state index in [1.54, 1.807) is 36.4 Å². The van der Waals surface area contributed by atoms with E-state index in [4.69, 9.17) is 22.3 Å². The van der Waals surface area contributed by atoms with Crippen molar-refractivity contribution in [3.63, 3.8) is 0 Å². The highest BCUT2D eigenvalue weighted by Crippen LogP contribution is 2.20. The molecule has 0 spiro atoms. The van der Waals surface area contributed by atoms with E-state index in [1.165, 1.54) is 4.90 Å². The van der Waals surface area contributed by atoms with Crippen LogP contribution in [0.25, 0.3) is 0 Å². The SMILES string of the molecule is Cc1cc(C)cc(C(=O)N(Cc2ccc(CNC(N)=O)cc2)[C@H](CCCN=C(N)N)C(=O)NCC(=O)O)c1. The van der Waals surface area contributed by atoms with Crippen molar-refractivity contribution in [3.05, 3.63) is 70.3 Å². The molecular weight excluding hydrogens is 490 g/mol. The molecule has 9 N–H and O–H groups in total. The van der Waals surface area contributed by atoms with Crippen molar-refractivity contribution in [3.8, 4) is 0 Å². The van der Waals surface area contributed by atoms with Gasteiger partial charge in [-0.25, -0.2) is 4.79 Å². The summed E-state index contributed by atoms with van der Waals surface area (Å²) in [4.78, 5) is 54.5. The number of primary amides is 1. The first-order valence-corrected chi connectivity index (χ1v) is 12.0. The molecule has 0 aliphatic rings. The topological polar surface area (TPSA) is 206 Å². The van der Waals surface area contributed by atoms with Gasteiger partial charge in [0.15, 0.2) is 5.96 Å². The summed E-state index contributed by atoms with van der Waals surface area (Å²) in [6.45, 7) is 3.71. The van der Waals surface area contributed by atoms with Crippen LogP contribution in [0.5, 0.6) is 0 Å². The molecule has 1 atom stereocenters. The number of carboxylic acids is 1. The molecule has 0 aliphatic carbocycles. The van der Waals surface area contributed by atoms with Crippen LogP contribution in [0, 0.1) is 13.8 Å². The van der Waals surface area contributed by atoms with Crippen molar-refractivity contribution in [2.75, 3.05) is 13.1 Å². The van der Waals surface area contributed by atoms with Gasteiger partial charge in [0.2, 0.25) is 5.91 Å². The smallest absolute Gasteiger partial charge is 0.322 e. The van der Waals surface area contributed by atoms with Crippen LogP contribution in [0.3, 0.4) is 0 Å². The number of aliphatic carboxylic acids is 1. The molecule has 0 saturated heterocycles. The van der Waals surface area contributed by atoms with Gasteiger partial charge in [0.05, 0.1) is 0 Å². The number of carbonyl (C=O) groups is 4. The second-order valence-electron chi connectivity index (χ2n) is 8.92. The Hall–Kier alpha value is -4.61. The number of rotatable bonds is 13. The lowest BCUT2D eigenvalue weighted by atomic mass is 10.0. The number of urea groups is 1. The van der Waals surface area contributed by atoms with Gasteiger partial charge in [0.25, 0.3) is 5.91 Å². The second-order valence-corrected chi connectivity index (χ2v) is 8.92. The van der Waals surface area contributed by atoms with Gasteiger partial charge < -0.3 is 37.8 Å². The van der Waals surface area contributed by atoms with E-state index in [9.17, 15) is 19.2 Å². The largest absolute Gasteiger partial charge is 0.480 e. The van der Waals surface area contributed by atoms with E-state index in [0.717, 1.165) is 22.3 Å². The number of hydrogen-bond donors (Lipinski definition) is 6. The van der Waals surface area contributed by atoms with Crippen LogP contribution in [0.2, 0.25) is 0 Å². The Labute approximate surface area is 221 Å². The number of nitrogens with one attached hydrogen (secondary N) is 2. The monoisotopic (exact) mass is 525 g/mol. The summed E-state index contributed by atoms with van der Waals surface area (Å²) >= 11 is 0. The highest BCUT2D eigenvalue weighted by atomic mass is 16.4. The maximum absolute atomic E-state index is 13.8. The molecule has 0 unspecified atom stereocenters. The second kappa shape index (κ2) is 14.2. The van der Waals surface area contributed by atoms with E-state index in [0.29, 0.717) is 12.0 Å². The predicted molar refractivity (Wildman–Crippen MR) is 143 cm³/mol. The molecular formula is C26H35N7O5. The molecule has 0 aromatic heterocycles. The van der Waals surface area contributed by atoms with Crippen molar-refractivity contribution in [2.45, 2.75) is 45.8 Å². The first-order chi connectivity index (χ1) is 18.0. The lowest BCUT2D eigenvalue weighted by Crippen LogP contribution is -2.50. The maximum atomic E-state index is 13.8. The van der Waals surface area contributed by atoms with Crippen LogP contribution in [0.15, 0.2) is 47.5 Å². The molecule has 4 amide bonds. The molecule has 2 aromatic carbocycles. The van der Waals surface area contributed by atoms with Gasteiger partial charge in [0, 0.05) is 25.2 Å². The van der Waals surface area contributed by atoms with Gasteiger partial charge in [0.1, 0.15) is 12.6 Å². The van der Waals surface area contributed by atoms with Crippen molar-refractivity contribution < 1.29 is 24.3 Å². The average molecular weight is 526 g/mol. The number of nitrogens with zero attached hydrogens (tertiary/aromatic N) is 2. The van der Waals surface area contributed by atoms with E-state index in [-0.39, 0.29) is 37.9 Å². The molecule has 12 nitrogen and oxygen atoms in total. The first-order valence-electron chi connectivity index (χ1n) is 12.0. The van der Waals surface area contributed by atoms with E-state index in [1.807, 2.05) is 19.9 Å². The molecule has 0 fully saturated rings. The lowest BCUT2D eigenvalue weighted by Gasteiger charge is -2.31. The number of amides is 4. The number of aliphatic imine (C=N–C) groups is 1. The Kier molecular flexibility index (Phi) is 11.1. The summed E-state index contributed by atoms with van der Waals surface area (Å²) in [5, 5.41) is 14.0. The number of carbonyl (C=O) groups excluding carboxylic acids is 3. The average Bonchev–Trinajstić information content (AvgIpc) is 2.84. The zero-order valence-electron chi connectivity index (χ0n) is 21.6. The minimum Gasteiger partial charge on any atom is -0.480 e. The summed E-state index contributed by atoms with van der Waals surface area (Å²) in [6, 6.07) is 10.9. The quantitative estimate of drug-likeness (QED) is 0.125. The minimum absolute atomic E-state index is 0.0722. The summed E-state index contributed by atoms with van der Waals surface area (Å²) < 4.78 is 0. The summed E-state index contributed by atoms with van der Waals surface area (Å²) in [7, 11) is 0. The molecule has 2 rings (SSSR count). The molecule has 0 bridgehead atoms. The van der Waals surface area contributed by atoms with Crippen molar-refractivity contribution in [2.24, 2.45) is 22.2 Å². The Morgan fingerprint density at radius 1 is 0.947 bits per heavy atom. The van der Waals surface area contributed by atoms with Crippen LogP contribution in [-0.4, -0.2) is 58.9 Å². The zero-order valence-corrected chi connectivity index (χ0v) is 21.6. The standard InChI is InChI=1S/C26H35N7O5/c1-16-10-17(2)12-20(11-16)24(37)33(15-19-7-5-18(6-8-19)13-32-26(29)38)21(4-3-9-30-25(27)28)23(36)31-14-22(34)35/h5-8,10-12,21H,3-4,9,13-15H2,1-2H3,(H,31,36)(H,34,35)(H4,27,28,30)(H3,29,32,38)/t21-/m1/s1. The Morgan fingerprint density at radius 3 is 2.11 bits per heavy atom. The molecule has 0 saturated carbocycles. The van der Waals surface area contributed by atoms with Crippen LogP contribution in [0.4, 0.5) is 4.79 Å². The Balaban J connectivity index is 2.43. The fourth-order valence-electron chi connectivity index (χ4n) is 3.94. The van der Waals surface area contributed by atoms with Crippen LogP contribution in [0.1, 0.15) is 45.5 Å². The Bertz CT molecular complexity index is 1160. The highest BCUT2D eigenvalue weighted by Gasteiger charge is 2.31. The third-order valence-electron chi connectivity index (χ3n) is 5.59. The van der Waals surface area contributed by atoms with Gasteiger partial charge in [-0.3, -0.25) is 19.4 Å². The van der Waals surface area contributed by atoms with Crippen molar-refractivity contribution >= 4 is 29.8 Å². The lowest BCUT2D eigenvalue weighted by molar-refractivity contribution is -0.138. The molecule has 0 heterocycles. The van der Waals surface area contributed by atoms with Crippen LogP contribution in [-0.2, 0) is 22.7 Å².